The van der Waals surface area contributed by atoms with E-state index in [-0.39, 0.29) is 22.8 Å². The third kappa shape index (κ3) is 3.60. The van der Waals surface area contributed by atoms with Crippen LogP contribution in [-0.2, 0) is 14.6 Å². The number of ether oxygens (including phenoxy) is 1. The van der Waals surface area contributed by atoms with Gasteiger partial charge in [-0.3, -0.25) is 4.79 Å². The predicted octanol–water partition coefficient (Wildman–Crippen LogP) is 1.56. The van der Waals surface area contributed by atoms with Crippen molar-refractivity contribution in [3.63, 3.8) is 0 Å². The standard InChI is InChI=1S/C19H26N2O4S/c22-18(21-7-2-5-19(14-21)6-10-25-15-19)16-3-1-4-17(13-16)20-8-11-26(23,24)12-9-20/h1,3-4,13H,2,5-12,14-15H2/t19-/m0/s1. The monoisotopic (exact) mass is 378 g/mol. The number of likely N-dealkylation sites (tertiary alicyclic amines) is 1. The van der Waals surface area contributed by atoms with E-state index < -0.39 is 9.84 Å². The van der Waals surface area contributed by atoms with Crippen molar-refractivity contribution in [3.05, 3.63) is 29.8 Å². The summed E-state index contributed by atoms with van der Waals surface area (Å²) in [4.78, 5) is 17.1. The van der Waals surface area contributed by atoms with Crippen LogP contribution in [0.15, 0.2) is 24.3 Å². The first kappa shape index (κ1) is 17.8. The summed E-state index contributed by atoms with van der Waals surface area (Å²) in [5.74, 6) is 0.432. The van der Waals surface area contributed by atoms with E-state index in [4.69, 9.17) is 4.74 Å². The maximum Gasteiger partial charge on any atom is 0.253 e. The van der Waals surface area contributed by atoms with Gasteiger partial charge in [0.2, 0.25) is 0 Å². The summed E-state index contributed by atoms with van der Waals surface area (Å²) >= 11 is 0. The van der Waals surface area contributed by atoms with Gasteiger partial charge in [0.25, 0.3) is 5.91 Å². The van der Waals surface area contributed by atoms with Gasteiger partial charge in [0.15, 0.2) is 9.84 Å². The van der Waals surface area contributed by atoms with Gasteiger partial charge in [0.1, 0.15) is 0 Å². The molecule has 4 rings (SSSR count). The van der Waals surface area contributed by atoms with Gasteiger partial charge in [-0.1, -0.05) is 6.07 Å². The van der Waals surface area contributed by atoms with E-state index in [0.29, 0.717) is 18.7 Å². The smallest absolute Gasteiger partial charge is 0.253 e. The van der Waals surface area contributed by atoms with Crippen LogP contribution in [0.4, 0.5) is 5.69 Å². The fraction of sp³-hybridized carbons (Fsp3) is 0.632. The molecule has 6 nitrogen and oxygen atoms in total. The van der Waals surface area contributed by atoms with Crippen molar-refractivity contribution in [2.75, 3.05) is 55.8 Å². The lowest BCUT2D eigenvalue weighted by Crippen LogP contribution is -2.46. The van der Waals surface area contributed by atoms with Crippen molar-refractivity contribution in [3.8, 4) is 0 Å². The van der Waals surface area contributed by atoms with Crippen LogP contribution >= 0.6 is 0 Å². The lowest BCUT2D eigenvalue weighted by Gasteiger charge is -2.39. The quantitative estimate of drug-likeness (QED) is 0.781. The maximum absolute atomic E-state index is 13.0. The molecular weight excluding hydrogens is 352 g/mol. The van der Waals surface area contributed by atoms with Crippen molar-refractivity contribution in [2.24, 2.45) is 5.41 Å². The number of anilines is 1. The molecule has 3 heterocycles. The number of amides is 1. The first-order chi connectivity index (χ1) is 12.5. The Bertz CT molecular complexity index is 772. The van der Waals surface area contributed by atoms with E-state index >= 15 is 0 Å². The molecule has 0 aliphatic carbocycles. The minimum atomic E-state index is -2.91. The lowest BCUT2D eigenvalue weighted by molar-refractivity contribution is 0.0462. The summed E-state index contributed by atoms with van der Waals surface area (Å²) in [5.41, 5.74) is 1.76. The van der Waals surface area contributed by atoms with E-state index in [1.807, 2.05) is 29.2 Å². The van der Waals surface area contributed by atoms with Crippen LogP contribution in [0, 0.1) is 5.41 Å². The molecule has 0 aromatic heterocycles. The number of carbonyl (C=O) groups excluding carboxylic acids is 1. The summed E-state index contributed by atoms with van der Waals surface area (Å²) in [6.45, 7) is 4.12. The number of carbonyl (C=O) groups is 1. The highest BCUT2D eigenvalue weighted by atomic mass is 32.2. The molecule has 1 atom stereocenters. The molecule has 1 amide bonds. The molecule has 1 spiro atoms. The van der Waals surface area contributed by atoms with Crippen LogP contribution < -0.4 is 4.90 Å². The topological polar surface area (TPSA) is 66.9 Å². The Balaban J connectivity index is 1.48. The second-order valence-electron chi connectivity index (χ2n) is 7.82. The number of piperidine rings is 1. The molecule has 3 aliphatic rings. The Morgan fingerprint density at radius 3 is 2.65 bits per heavy atom. The molecule has 0 saturated carbocycles. The van der Waals surface area contributed by atoms with Crippen LogP contribution in [0.2, 0.25) is 0 Å². The number of sulfone groups is 1. The van der Waals surface area contributed by atoms with E-state index in [0.717, 1.165) is 51.3 Å². The SMILES string of the molecule is O=C(c1cccc(N2CCS(=O)(=O)CC2)c1)N1CCC[C@]2(CCOC2)C1. The zero-order chi connectivity index (χ0) is 18.2. The van der Waals surface area contributed by atoms with Gasteiger partial charge in [-0.2, -0.15) is 0 Å². The summed E-state index contributed by atoms with van der Waals surface area (Å²) in [7, 11) is -2.91. The zero-order valence-corrected chi connectivity index (χ0v) is 15.8. The molecule has 3 fully saturated rings. The highest BCUT2D eigenvalue weighted by Crippen LogP contribution is 2.38. The Morgan fingerprint density at radius 1 is 1.12 bits per heavy atom. The van der Waals surface area contributed by atoms with Crippen molar-refractivity contribution < 1.29 is 17.9 Å². The number of hydrogen-bond acceptors (Lipinski definition) is 5. The van der Waals surface area contributed by atoms with E-state index in [1.54, 1.807) is 0 Å². The second kappa shape index (κ2) is 6.85. The second-order valence-corrected chi connectivity index (χ2v) is 10.1. The van der Waals surface area contributed by atoms with Gasteiger partial charge < -0.3 is 14.5 Å². The maximum atomic E-state index is 13.0. The summed E-state index contributed by atoms with van der Waals surface area (Å²) < 4.78 is 28.9. The van der Waals surface area contributed by atoms with Gasteiger partial charge in [-0.15, -0.1) is 0 Å². The molecule has 0 bridgehead atoms. The molecule has 1 aromatic carbocycles. The van der Waals surface area contributed by atoms with Gasteiger partial charge >= 0.3 is 0 Å². The number of hydrogen-bond donors (Lipinski definition) is 0. The number of rotatable bonds is 2. The molecule has 1 aromatic rings. The molecule has 142 valence electrons. The highest BCUT2D eigenvalue weighted by molar-refractivity contribution is 7.91. The average Bonchev–Trinajstić information content (AvgIpc) is 3.08. The lowest BCUT2D eigenvalue weighted by atomic mass is 9.79. The first-order valence-electron chi connectivity index (χ1n) is 9.39. The third-order valence-electron chi connectivity index (χ3n) is 5.94. The van der Waals surface area contributed by atoms with Gasteiger partial charge in [0.05, 0.1) is 18.1 Å². The summed E-state index contributed by atoms with van der Waals surface area (Å²) in [6.07, 6.45) is 3.21. The Kier molecular flexibility index (Phi) is 4.69. The van der Waals surface area contributed by atoms with E-state index in [9.17, 15) is 13.2 Å². The Hall–Kier alpha value is -1.60. The molecular formula is C19H26N2O4S. The minimum Gasteiger partial charge on any atom is -0.381 e. The first-order valence-corrected chi connectivity index (χ1v) is 11.2. The van der Waals surface area contributed by atoms with Crippen molar-refractivity contribution >= 4 is 21.4 Å². The molecule has 0 unspecified atom stereocenters. The Labute approximate surface area is 155 Å². The minimum absolute atomic E-state index is 0.0717. The summed E-state index contributed by atoms with van der Waals surface area (Å²) in [5, 5.41) is 0. The molecule has 0 N–H and O–H groups in total. The van der Waals surface area contributed by atoms with Crippen LogP contribution in [0.3, 0.4) is 0 Å². The average molecular weight is 378 g/mol. The van der Waals surface area contributed by atoms with Crippen molar-refractivity contribution in [1.82, 2.24) is 4.90 Å². The summed E-state index contributed by atoms with van der Waals surface area (Å²) in [6, 6.07) is 7.62. The molecule has 0 radical (unpaired) electrons. The van der Waals surface area contributed by atoms with Gasteiger partial charge in [-0.25, -0.2) is 8.42 Å². The van der Waals surface area contributed by atoms with Gasteiger partial charge in [-0.05, 0) is 37.5 Å². The fourth-order valence-electron chi connectivity index (χ4n) is 4.34. The molecule has 3 saturated heterocycles. The molecule has 7 heteroatoms. The van der Waals surface area contributed by atoms with E-state index in [2.05, 4.69) is 4.90 Å². The van der Waals surface area contributed by atoms with Gasteiger partial charge in [0, 0.05) is 49.5 Å². The van der Waals surface area contributed by atoms with Crippen molar-refractivity contribution in [1.29, 1.82) is 0 Å². The normalized spacial score (nSPS) is 28.5. The molecule has 3 aliphatic heterocycles. The van der Waals surface area contributed by atoms with Crippen LogP contribution in [0.1, 0.15) is 29.6 Å². The highest BCUT2D eigenvalue weighted by Gasteiger charge is 2.40. The van der Waals surface area contributed by atoms with Crippen LogP contribution in [0.25, 0.3) is 0 Å². The fourth-order valence-corrected chi connectivity index (χ4v) is 5.54. The number of nitrogens with zero attached hydrogens (tertiary/aromatic N) is 2. The van der Waals surface area contributed by atoms with Crippen molar-refractivity contribution in [2.45, 2.75) is 19.3 Å². The number of benzene rings is 1. The van der Waals surface area contributed by atoms with Crippen LogP contribution in [-0.4, -0.2) is 70.1 Å². The predicted molar refractivity (Wildman–Crippen MR) is 100 cm³/mol. The van der Waals surface area contributed by atoms with Crippen LogP contribution in [0.5, 0.6) is 0 Å². The Morgan fingerprint density at radius 2 is 1.92 bits per heavy atom. The van der Waals surface area contributed by atoms with E-state index in [1.165, 1.54) is 0 Å². The molecule has 26 heavy (non-hydrogen) atoms. The third-order valence-corrected chi connectivity index (χ3v) is 7.55. The largest absolute Gasteiger partial charge is 0.381 e. The zero-order valence-electron chi connectivity index (χ0n) is 15.0.